The van der Waals surface area contributed by atoms with E-state index in [4.69, 9.17) is 11.6 Å². The second-order valence-electron chi connectivity index (χ2n) is 4.78. The van der Waals surface area contributed by atoms with Gasteiger partial charge in [0.2, 0.25) is 0 Å². The number of nitrogens with zero attached hydrogens (tertiary/aromatic N) is 1. The van der Waals surface area contributed by atoms with Crippen molar-refractivity contribution in [2.45, 2.75) is 18.9 Å². The van der Waals surface area contributed by atoms with Crippen molar-refractivity contribution in [3.63, 3.8) is 0 Å². The summed E-state index contributed by atoms with van der Waals surface area (Å²) in [4.78, 5) is 15.9. The largest absolute Gasteiger partial charge is 0.349 e. The van der Waals surface area contributed by atoms with Gasteiger partial charge < -0.3 is 5.32 Å². The third kappa shape index (κ3) is 2.65. The summed E-state index contributed by atoms with van der Waals surface area (Å²) in [5, 5.41) is 3.20. The van der Waals surface area contributed by atoms with Crippen molar-refractivity contribution in [3.8, 4) is 11.3 Å². The highest BCUT2D eigenvalue weighted by molar-refractivity contribution is 6.33. The molecular formula is C15H12ClFN2O. The first kappa shape index (κ1) is 13.1. The molecule has 0 atom stereocenters. The summed E-state index contributed by atoms with van der Waals surface area (Å²) in [6.07, 6.45) is 3.54. The molecule has 0 radical (unpaired) electrons. The van der Waals surface area contributed by atoms with Gasteiger partial charge in [0.05, 0.1) is 10.7 Å². The Morgan fingerprint density at radius 2 is 2.15 bits per heavy atom. The summed E-state index contributed by atoms with van der Waals surface area (Å²) in [6, 6.07) is 7.92. The zero-order valence-electron chi connectivity index (χ0n) is 10.6. The van der Waals surface area contributed by atoms with E-state index < -0.39 is 5.82 Å². The van der Waals surface area contributed by atoms with E-state index in [9.17, 15) is 9.18 Å². The van der Waals surface area contributed by atoms with Crippen LogP contribution < -0.4 is 5.32 Å². The van der Waals surface area contributed by atoms with Crippen LogP contribution in [0.3, 0.4) is 0 Å². The molecule has 1 amide bonds. The Balaban J connectivity index is 1.91. The van der Waals surface area contributed by atoms with Crippen LogP contribution in [0.1, 0.15) is 23.2 Å². The molecule has 0 aliphatic heterocycles. The molecule has 1 aliphatic rings. The normalized spacial score (nSPS) is 14.1. The van der Waals surface area contributed by atoms with Crippen LogP contribution in [0, 0.1) is 5.82 Å². The molecule has 0 spiro atoms. The fourth-order valence-electron chi connectivity index (χ4n) is 1.93. The quantitative estimate of drug-likeness (QED) is 0.941. The first-order chi connectivity index (χ1) is 9.65. The Morgan fingerprint density at radius 1 is 1.35 bits per heavy atom. The Morgan fingerprint density at radius 3 is 2.80 bits per heavy atom. The number of hydrogen-bond acceptors (Lipinski definition) is 2. The lowest BCUT2D eigenvalue weighted by molar-refractivity contribution is 0.0950. The van der Waals surface area contributed by atoms with Gasteiger partial charge in [0.25, 0.3) is 5.91 Å². The van der Waals surface area contributed by atoms with E-state index in [1.165, 1.54) is 12.1 Å². The maximum absolute atomic E-state index is 14.2. The SMILES string of the molecule is O=C(NC1CC1)c1ccc(-c2ncccc2Cl)c(F)c1. The highest BCUT2D eigenvalue weighted by Crippen LogP contribution is 2.28. The molecule has 3 nitrogen and oxygen atoms in total. The predicted octanol–water partition coefficient (Wildman–Crippen LogP) is 3.43. The molecule has 5 heteroatoms. The van der Waals surface area contributed by atoms with Crippen molar-refractivity contribution in [1.29, 1.82) is 0 Å². The average molecular weight is 291 g/mol. The highest BCUT2D eigenvalue weighted by Gasteiger charge is 2.24. The summed E-state index contributed by atoms with van der Waals surface area (Å²) in [5.41, 5.74) is 0.976. The van der Waals surface area contributed by atoms with Crippen LogP contribution in [-0.2, 0) is 0 Å². The van der Waals surface area contributed by atoms with E-state index in [2.05, 4.69) is 10.3 Å². The van der Waals surface area contributed by atoms with Crippen molar-refractivity contribution in [2.24, 2.45) is 0 Å². The topological polar surface area (TPSA) is 42.0 Å². The molecule has 20 heavy (non-hydrogen) atoms. The fraction of sp³-hybridized carbons (Fsp3) is 0.200. The lowest BCUT2D eigenvalue weighted by atomic mass is 10.1. The molecule has 0 bridgehead atoms. The summed E-state index contributed by atoms with van der Waals surface area (Å²) in [7, 11) is 0. The van der Waals surface area contributed by atoms with Gasteiger partial charge in [-0.15, -0.1) is 0 Å². The van der Waals surface area contributed by atoms with E-state index in [1.54, 1.807) is 24.4 Å². The zero-order chi connectivity index (χ0) is 14.1. The van der Waals surface area contributed by atoms with Crippen molar-refractivity contribution in [2.75, 3.05) is 0 Å². The van der Waals surface area contributed by atoms with Crippen molar-refractivity contribution >= 4 is 17.5 Å². The van der Waals surface area contributed by atoms with E-state index >= 15 is 0 Å². The number of benzene rings is 1. The molecule has 102 valence electrons. The minimum absolute atomic E-state index is 0.245. The molecule has 0 unspecified atom stereocenters. The number of hydrogen-bond donors (Lipinski definition) is 1. The zero-order valence-corrected chi connectivity index (χ0v) is 11.3. The summed E-state index contributed by atoms with van der Waals surface area (Å²) < 4.78 is 14.2. The third-order valence-corrected chi connectivity index (χ3v) is 3.46. The van der Waals surface area contributed by atoms with Crippen LogP contribution in [0.2, 0.25) is 5.02 Å². The lowest BCUT2D eigenvalue weighted by Crippen LogP contribution is -2.25. The number of carbonyl (C=O) groups is 1. The van der Waals surface area contributed by atoms with Crippen LogP contribution >= 0.6 is 11.6 Å². The van der Waals surface area contributed by atoms with Crippen molar-refractivity contribution in [1.82, 2.24) is 10.3 Å². The second kappa shape index (κ2) is 5.21. The van der Waals surface area contributed by atoms with Gasteiger partial charge in [0.1, 0.15) is 5.82 Å². The molecule has 1 aliphatic carbocycles. The minimum atomic E-state index is -0.506. The molecule has 1 aromatic heterocycles. The van der Waals surface area contributed by atoms with Gasteiger partial charge in [-0.2, -0.15) is 0 Å². The number of rotatable bonds is 3. The maximum atomic E-state index is 14.2. The molecule has 1 N–H and O–H groups in total. The average Bonchev–Trinajstić information content (AvgIpc) is 3.23. The summed E-state index contributed by atoms with van der Waals surface area (Å²) in [5.74, 6) is -0.751. The van der Waals surface area contributed by atoms with E-state index in [-0.39, 0.29) is 11.9 Å². The minimum Gasteiger partial charge on any atom is -0.349 e. The fourth-order valence-corrected chi connectivity index (χ4v) is 2.15. The van der Waals surface area contributed by atoms with Crippen LogP contribution in [0.15, 0.2) is 36.5 Å². The van der Waals surface area contributed by atoms with Gasteiger partial charge in [-0.3, -0.25) is 9.78 Å². The first-order valence-electron chi connectivity index (χ1n) is 6.36. The molecule has 3 rings (SSSR count). The number of amides is 1. The molecule has 1 saturated carbocycles. The van der Waals surface area contributed by atoms with Crippen molar-refractivity contribution in [3.05, 3.63) is 52.9 Å². The van der Waals surface area contributed by atoms with Crippen LogP contribution in [0.25, 0.3) is 11.3 Å². The standard InChI is InChI=1S/C15H12ClFN2O/c16-12-2-1-7-18-14(12)11-6-3-9(8-13(11)17)15(20)19-10-4-5-10/h1-3,6-8,10H,4-5H2,(H,19,20). The molecule has 1 heterocycles. The molecule has 1 fully saturated rings. The Kier molecular flexibility index (Phi) is 3.40. The van der Waals surface area contributed by atoms with Gasteiger partial charge in [0, 0.05) is 23.4 Å². The number of pyridine rings is 1. The van der Waals surface area contributed by atoms with Crippen LogP contribution in [0.5, 0.6) is 0 Å². The Bertz CT molecular complexity index is 671. The van der Waals surface area contributed by atoms with Gasteiger partial charge in [-0.25, -0.2) is 4.39 Å². The number of carbonyl (C=O) groups excluding carboxylic acids is 1. The van der Waals surface area contributed by atoms with Gasteiger partial charge in [-0.1, -0.05) is 11.6 Å². The number of aromatic nitrogens is 1. The third-order valence-electron chi connectivity index (χ3n) is 3.16. The second-order valence-corrected chi connectivity index (χ2v) is 5.18. The van der Waals surface area contributed by atoms with Gasteiger partial charge in [-0.05, 0) is 43.2 Å². The van der Waals surface area contributed by atoms with Crippen molar-refractivity contribution < 1.29 is 9.18 Å². The Hall–Kier alpha value is -1.94. The highest BCUT2D eigenvalue weighted by atomic mass is 35.5. The number of halogens is 2. The molecular weight excluding hydrogens is 279 g/mol. The van der Waals surface area contributed by atoms with Gasteiger partial charge in [0.15, 0.2) is 0 Å². The molecule has 1 aromatic carbocycles. The van der Waals surface area contributed by atoms with E-state index in [1.807, 2.05) is 0 Å². The van der Waals surface area contributed by atoms with E-state index in [0.29, 0.717) is 21.8 Å². The van der Waals surface area contributed by atoms with E-state index in [0.717, 1.165) is 12.8 Å². The predicted molar refractivity (Wildman–Crippen MR) is 75.1 cm³/mol. The monoisotopic (exact) mass is 290 g/mol. The van der Waals surface area contributed by atoms with Crippen LogP contribution in [-0.4, -0.2) is 16.9 Å². The van der Waals surface area contributed by atoms with Gasteiger partial charge >= 0.3 is 0 Å². The first-order valence-corrected chi connectivity index (χ1v) is 6.74. The molecule has 2 aromatic rings. The summed E-state index contributed by atoms with van der Waals surface area (Å²) in [6.45, 7) is 0. The molecule has 0 saturated heterocycles. The summed E-state index contributed by atoms with van der Waals surface area (Å²) >= 11 is 6.00. The van der Waals surface area contributed by atoms with Crippen LogP contribution in [0.4, 0.5) is 4.39 Å². The smallest absolute Gasteiger partial charge is 0.251 e. The maximum Gasteiger partial charge on any atom is 0.251 e. The Labute approximate surface area is 120 Å². The number of nitrogens with one attached hydrogen (secondary N) is 1. The lowest BCUT2D eigenvalue weighted by Gasteiger charge is -2.07.